The first-order valence-corrected chi connectivity index (χ1v) is 10.9. The summed E-state index contributed by atoms with van der Waals surface area (Å²) < 4.78 is 13.1. The second-order valence-electron chi connectivity index (χ2n) is 7.86. The topological polar surface area (TPSA) is 49.4 Å². The summed E-state index contributed by atoms with van der Waals surface area (Å²) >= 11 is 1.66. The summed E-state index contributed by atoms with van der Waals surface area (Å²) in [4.78, 5) is 28.0. The highest BCUT2D eigenvalue weighted by molar-refractivity contribution is 8.00. The summed E-state index contributed by atoms with van der Waals surface area (Å²) in [5, 5.41) is 2.89. The minimum atomic E-state index is -0.516. The lowest BCUT2D eigenvalue weighted by atomic mass is 10.1. The van der Waals surface area contributed by atoms with Crippen LogP contribution in [0.1, 0.15) is 41.8 Å². The number of amides is 2. The second kappa shape index (κ2) is 9.44. The van der Waals surface area contributed by atoms with Gasteiger partial charge in [-0.3, -0.25) is 9.59 Å². The van der Waals surface area contributed by atoms with Gasteiger partial charge in [0.25, 0.3) is 5.91 Å². The van der Waals surface area contributed by atoms with Gasteiger partial charge in [-0.15, -0.1) is 11.8 Å². The number of hydrogen-bond acceptors (Lipinski definition) is 3. The van der Waals surface area contributed by atoms with Crippen molar-refractivity contribution in [1.29, 1.82) is 0 Å². The molecule has 0 aliphatic carbocycles. The molecular formula is C23H27FN2O2S. The first-order chi connectivity index (χ1) is 13.8. The van der Waals surface area contributed by atoms with Crippen LogP contribution in [0.5, 0.6) is 0 Å². The minimum Gasteiger partial charge on any atom is -0.350 e. The van der Waals surface area contributed by atoms with Crippen LogP contribution in [0.15, 0.2) is 48.5 Å². The number of halogens is 1. The number of aryl methyl sites for hydroxylation is 1. The van der Waals surface area contributed by atoms with Gasteiger partial charge in [-0.2, -0.15) is 0 Å². The molecule has 154 valence electrons. The fourth-order valence-corrected chi connectivity index (χ4v) is 5.10. The molecule has 6 heteroatoms. The largest absolute Gasteiger partial charge is 0.350 e. The van der Waals surface area contributed by atoms with Crippen molar-refractivity contribution in [2.75, 3.05) is 5.75 Å². The highest BCUT2D eigenvalue weighted by Crippen LogP contribution is 2.34. The molecule has 2 unspecified atom stereocenters. The molecule has 0 aromatic heterocycles. The summed E-state index contributed by atoms with van der Waals surface area (Å²) in [6.45, 7) is 6.51. The average Bonchev–Trinajstić information content (AvgIpc) is 3.09. The number of nitrogens with zero attached hydrogens (tertiary/aromatic N) is 1. The number of hydrogen-bond donors (Lipinski definition) is 1. The van der Waals surface area contributed by atoms with Gasteiger partial charge in [0.1, 0.15) is 11.9 Å². The van der Waals surface area contributed by atoms with Crippen LogP contribution in [0.3, 0.4) is 0 Å². The number of nitrogens with one attached hydrogen (secondary N) is 1. The highest BCUT2D eigenvalue weighted by Gasteiger charge is 2.41. The van der Waals surface area contributed by atoms with Crippen LogP contribution >= 0.6 is 11.8 Å². The van der Waals surface area contributed by atoms with E-state index in [2.05, 4.69) is 19.2 Å². The molecular weight excluding hydrogens is 387 g/mol. The van der Waals surface area contributed by atoms with Crippen molar-refractivity contribution >= 4 is 23.6 Å². The summed E-state index contributed by atoms with van der Waals surface area (Å²) in [5.41, 5.74) is 2.44. The Labute approximate surface area is 175 Å². The van der Waals surface area contributed by atoms with Crippen LogP contribution in [-0.4, -0.2) is 33.9 Å². The van der Waals surface area contributed by atoms with E-state index in [1.165, 1.54) is 12.1 Å². The monoisotopic (exact) mass is 414 g/mol. The van der Waals surface area contributed by atoms with Crippen molar-refractivity contribution < 1.29 is 14.0 Å². The van der Waals surface area contributed by atoms with E-state index in [-0.39, 0.29) is 23.0 Å². The van der Waals surface area contributed by atoms with Crippen molar-refractivity contribution in [3.05, 3.63) is 71.0 Å². The normalized spacial score (nSPS) is 18.9. The van der Waals surface area contributed by atoms with Crippen molar-refractivity contribution in [3.63, 3.8) is 0 Å². The van der Waals surface area contributed by atoms with Gasteiger partial charge >= 0.3 is 0 Å². The molecule has 0 bridgehead atoms. The van der Waals surface area contributed by atoms with Crippen LogP contribution in [0.4, 0.5) is 4.39 Å². The van der Waals surface area contributed by atoms with Gasteiger partial charge in [-0.05, 0) is 49.1 Å². The standard InChI is InChI=1S/C23H27FN2O2S/c1-15(2)11-21-26(23(28)18-6-4-5-16(3)12-18)20(14-29-21)22(27)25-13-17-7-9-19(24)10-8-17/h4-10,12,15,20-21H,11,13-14H2,1-3H3,(H,25,27). The predicted octanol–water partition coefficient (Wildman–Crippen LogP) is 4.38. The molecule has 1 N–H and O–H groups in total. The number of carbonyl (C=O) groups is 2. The number of rotatable bonds is 6. The molecule has 2 amide bonds. The third-order valence-electron chi connectivity index (χ3n) is 4.95. The van der Waals surface area contributed by atoms with E-state index in [1.54, 1.807) is 34.9 Å². The first-order valence-electron chi connectivity index (χ1n) is 9.88. The third-order valence-corrected chi connectivity index (χ3v) is 6.26. The minimum absolute atomic E-state index is 0.0235. The molecule has 0 radical (unpaired) electrons. The van der Waals surface area contributed by atoms with Crippen LogP contribution < -0.4 is 5.32 Å². The Balaban J connectivity index is 1.76. The summed E-state index contributed by atoms with van der Waals surface area (Å²) in [5.74, 6) is 0.407. The van der Waals surface area contributed by atoms with Crippen LogP contribution in [0.25, 0.3) is 0 Å². The Kier molecular flexibility index (Phi) is 6.96. The number of thioether (sulfide) groups is 1. The van der Waals surface area contributed by atoms with Gasteiger partial charge in [0.05, 0.1) is 5.37 Å². The fraction of sp³-hybridized carbons (Fsp3) is 0.391. The van der Waals surface area contributed by atoms with Crippen LogP contribution in [0.2, 0.25) is 0 Å². The molecule has 1 aliphatic heterocycles. The van der Waals surface area contributed by atoms with Crippen molar-refractivity contribution in [3.8, 4) is 0 Å². The van der Waals surface area contributed by atoms with E-state index in [1.807, 2.05) is 25.1 Å². The van der Waals surface area contributed by atoms with E-state index >= 15 is 0 Å². The van der Waals surface area contributed by atoms with E-state index in [4.69, 9.17) is 0 Å². The Hall–Kier alpha value is -2.34. The first kappa shape index (κ1) is 21.4. The molecule has 29 heavy (non-hydrogen) atoms. The second-order valence-corrected chi connectivity index (χ2v) is 9.07. The van der Waals surface area contributed by atoms with Gasteiger partial charge in [0.15, 0.2) is 0 Å². The molecule has 2 aromatic rings. The molecule has 3 rings (SSSR count). The highest BCUT2D eigenvalue weighted by atomic mass is 32.2. The molecule has 2 atom stereocenters. The maximum absolute atomic E-state index is 13.3. The van der Waals surface area contributed by atoms with Crippen LogP contribution in [-0.2, 0) is 11.3 Å². The van der Waals surface area contributed by atoms with Gasteiger partial charge in [0, 0.05) is 17.9 Å². The smallest absolute Gasteiger partial charge is 0.255 e. The summed E-state index contributed by atoms with van der Waals surface area (Å²) in [6, 6.07) is 13.0. The van der Waals surface area contributed by atoms with Crippen molar-refractivity contribution in [1.82, 2.24) is 10.2 Å². The molecule has 1 heterocycles. The lowest BCUT2D eigenvalue weighted by Crippen LogP contribution is -2.49. The third kappa shape index (κ3) is 5.38. The van der Waals surface area contributed by atoms with Crippen molar-refractivity contribution in [2.24, 2.45) is 5.92 Å². The zero-order valence-electron chi connectivity index (χ0n) is 17.0. The zero-order chi connectivity index (χ0) is 21.0. The average molecular weight is 415 g/mol. The summed E-state index contributed by atoms with van der Waals surface area (Å²) in [6.07, 6.45) is 0.837. The molecule has 1 fully saturated rings. The van der Waals surface area contributed by atoms with E-state index in [0.717, 1.165) is 17.5 Å². The molecule has 0 saturated carbocycles. The van der Waals surface area contributed by atoms with Gasteiger partial charge < -0.3 is 10.2 Å². The lowest BCUT2D eigenvalue weighted by molar-refractivity contribution is -0.125. The SMILES string of the molecule is Cc1cccc(C(=O)N2C(CC(C)C)SCC2C(=O)NCc2ccc(F)cc2)c1. The lowest BCUT2D eigenvalue weighted by Gasteiger charge is -2.30. The Morgan fingerprint density at radius 2 is 1.93 bits per heavy atom. The quantitative estimate of drug-likeness (QED) is 0.763. The number of benzene rings is 2. The predicted molar refractivity (Wildman–Crippen MR) is 115 cm³/mol. The molecule has 1 saturated heterocycles. The molecule has 4 nitrogen and oxygen atoms in total. The van der Waals surface area contributed by atoms with E-state index < -0.39 is 6.04 Å². The van der Waals surface area contributed by atoms with Gasteiger partial charge in [-0.1, -0.05) is 43.7 Å². The fourth-order valence-electron chi connectivity index (χ4n) is 3.46. The van der Waals surface area contributed by atoms with Crippen molar-refractivity contribution in [2.45, 2.75) is 45.2 Å². The van der Waals surface area contributed by atoms with E-state index in [9.17, 15) is 14.0 Å². The molecule has 0 spiro atoms. The van der Waals surface area contributed by atoms with Gasteiger partial charge in [0.2, 0.25) is 5.91 Å². The van der Waals surface area contributed by atoms with Crippen LogP contribution in [0, 0.1) is 18.7 Å². The number of carbonyl (C=O) groups excluding carboxylic acids is 2. The van der Waals surface area contributed by atoms with E-state index in [0.29, 0.717) is 23.8 Å². The molecule has 1 aliphatic rings. The maximum atomic E-state index is 13.3. The Morgan fingerprint density at radius 1 is 1.21 bits per heavy atom. The Bertz CT molecular complexity index is 869. The molecule has 2 aromatic carbocycles. The zero-order valence-corrected chi connectivity index (χ0v) is 17.8. The maximum Gasteiger partial charge on any atom is 0.255 e. The summed E-state index contributed by atoms with van der Waals surface area (Å²) in [7, 11) is 0. The van der Waals surface area contributed by atoms with Gasteiger partial charge in [-0.25, -0.2) is 4.39 Å². The Morgan fingerprint density at radius 3 is 2.59 bits per heavy atom.